The molecule has 0 saturated heterocycles. The van der Waals surface area contributed by atoms with E-state index in [2.05, 4.69) is 5.16 Å². The molecule has 0 aromatic heterocycles. The molecule has 0 aliphatic rings. The van der Waals surface area contributed by atoms with Gasteiger partial charge in [0.15, 0.2) is 0 Å². The molecular formula is C7H6KNO2. The number of nitrogens with zero attached hydrogens (tertiary/aromatic N) is 1. The molecule has 11 heavy (non-hydrogen) atoms. The van der Waals surface area contributed by atoms with Gasteiger partial charge in [0.25, 0.3) is 0 Å². The minimum Gasteiger partial charge on any atom is -0.856 e. The van der Waals surface area contributed by atoms with Crippen molar-refractivity contribution in [1.82, 2.24) is 0 Å². The van der Waals surface area contributed by atoms with Crippen molar-refractivity contribution >= 4 is 5.90 Å². The molecule has 0 aliphatic heterocycles. The van der Waals surface area contributed by atoms with Gasteiger partial charge in [-0.1, -0.05) is 30.3 Å². The van der Waals surface area contributed by atoms with Crippen LogP contribution in [0.3, 0.4) is 0 Å². The third-order valence-corrected chi connectivity index (χ3v) is 1.11. The number of rotatable bonds is 1. The molecule has 0 amide bonds. The third-order valence-electron chi connectivity index (χ3n) is 1.11. The second kappa shape index (κ2) is 5.74. The zero-order valence-corrected chi connectivity index (χ0v) is 9.31. The molecule has 1 aromatic carbocycles. The molecule has 0 spiro atoms. The summed E-state index contributed by atoms with van der Waals surface area (Å²) in [6, 6.07) is 8.37. The van der Waals surface area contributed by atoms with E-state index in [9.17, 15) is 5.11 Å². The predicted octanol–water partition coefficient (Wildman–Crippen LogP) is -2.81. The van der Waals surface area contributed by atoms with Crippen molar-refractivity contribution in [2.45, 2.75) is 0 Å². The molecule has 3 nitrogen and oxygen atoms in total. The van der Waals surface area contributed by atoms with Gasteiger partial charge in [-0.25, -0.2) is 0 Å². The van der Waals surface area contributed by atoms with Crippen LogP contribution in [0.15, 0.2) is 35.5 Å². The monoisotopic (exact) mass is 175 g/mol. The van der Waals surface area contributed by atoms with E-state index in [1.165, 1.54) is 0 Å². The minimum atomic E-state index is -0.611. The van der Waals surface area contributed by atoms with Gasteiger partial charge in [0.2, 0.25) is 0 Å². The first-order valence-corrected chi connectivity index (χ1v) is 2.79. The summed E-state index contributed by atoms with van der Waals surface area (Å²) in [5.41, 5.74) is 0.394. The summed E-state index contributed by atoms with van der Waals surface area (Å²) in [7, 11) is 0. The first-order chi connectivity index (χ1) is 4.84. The number of hydrogen-bond donors (Lipinski definition) is 1. The van der Waals surface area contributed by atoms with Crippen molar-refractivity contribution in [1.29, 1.82) is 0 Å². The van der Waals surface area contributed by atoms with E-state index in [-0.39, 0.29) is 51.4 Å². The summed E-state index contributed by atoms with van der Waals surface area (Å²) in [6.45, 7) is 0. The fourth-order valence-corrected chi connectivity index (χ4v) is 0.638. The second-order valence-electron chi connectivity index (χ2n) is 1.77. The molecule has 0 atom stereocenters. The van der Waals surface area contributed by atoms with Gasteiger partial charge < -0.3 is 10.3 Å². The summed E-state index contributed by atoms with van der Waals surface area (Å²) >= 11 is 0. The van der Waals surface area contributed by atoms with Crippen LogP contribution in [0.2, 0.25) is 0 Å². The fourth-order valence-electron chi connectivity index (χ4n) is 0.638. The third kappa shape index (κ3) is 3.35. The maximum Gasteiger partial charge on any atom is 1.00 e. The van der Waals surface area contributed by atoms with Gasteiger partial charge in [-0.2, -0.15) is 0 Å². The van der Waals surface area contributed by atoms with E-state index in [1.807, 2.05) is 0 Å². The molecule has 0 radical (unpaired) electrons. The molecule has 1 rings (SSSR count). The first-order valence-electron chi connectivity index (χ1n) is 2.79. The van der Waals surface area contributed by atoms with Gasteiger partial charge >= 0.3 is 51.4 Å². The van der Waals surface area contributed by atoms with Crippen LogP contribution < -0.4 is 56.5 Å². The van der Waals surface area contributed by atoms with Crippen molar-refractivity contribution in [2.24, 2.45) is 5.16 Å². The van der Waals surface area contributed by atoms with Gasteiger partial charge in [-0.3, -0.25) is 0 Å². The van der Waals surface area contributed by atoms with Gasteiger partial charge in [0, 0.05) is 5.90 Å². The largest absolute Gasteiger partial charge is 1.00 e. The molecule has 0 unspecified atom stereocenters. The molecule has 4 heteroatoms. The Labute approximate surface area is 107 Å². The topological polar surface area (TPSA) is 55.7 Å². The Hall–Kier alpha value is 0.126. The number of hydrogen-bond acceptors (Lipinski definition) is 3. The van der Waals surface area contributed by atoms with Crippen molar-refractivity contribution < 1.29 is 61.7 Å². The van der Waals surface area contributed by atoms with Gasteiger partial charge in [0.05, 0.1) is 0 Å². The van der Waals surface area contributed by atoms with Gasteiger partial charge in [-0.05, 0) is 5.56 Å². The Bertz CT molecular complexity index is 235. The maximum absolute atomic E-state index is 10.6. The van der Waals surface area contributed by atoms with E-state index in [4.69, 9.17) is 5.21 Å². The number of benzene rings is 1. The van der Waals surface area contributed by atoms with Crippen molar-refractivity contribution in [2.75, 3.05) is 0 Å². The van der Waals surface area contributed by atoms with Crippen molar-refractivity contribution in [3.05, 3.63) is 35.9 Å². The van der Waals surface area contributed by atoms with E-state index >= 15 is 0 Å². The molecular weight excluding hydrogens is 169 g/mol. The Morgan fingerprint density at radius 3 is 2.27 bits per heavy atom. The fraction of sp³-hybridized carbons (Fsp3) is 0. The molecule has 0 heterocycles. The van der Waals surface area contributed by atoms with Crippen LogP contribution in [0, 0.1) is 0 Å². The van der Waals surface area contributed by atoms with Crippen LogP contribution in [0.25, 0.3) is 0 Å². The van der Waals surface area contributed by atoms with Crippen LogP contribution in [0.4, 0.5) is 0 Å². The van der Waals surface area contributed by atoms with E-state index in [0.29, 0.717) is 5.56 Å². The zero-order valence-electron chi connectivity index (χ0n) is 6.19. The molecule has 0 aliphatic carbocycles. The average Bonchev–Trinajstić information content (AvgIpc) is 2.05. The maximum atomic E-state index is 10.6. The van der Waals surface area contributed by atoms with Crippen LogP contribution >= 0.6 is 0 Å². The summed E-state index contributed by atoms with van der Waals surface area (Å²) in [4.78, 5) is 0. The van der Waals surface area contributed by atoms with Crippen LogP contribution in [0.1, 0.15) is 5.56 Å². The Morgan fingerprint density at radius 2 is 1.82 bits per heavy atom. The van der Waals surface area contributed by atoms with E-state index in [0.717, 1.165) is 0 Å². The van der Waals surface area contributed by atoms with Gasteiger partial charge in [-0.15, -0.1) is 5.16 Å². The SMILES string of the molecule is [K+].[O-]/C(=N\O)c1ccccc1. The molecule has 1 N–H and O–H groups in total. The van der Waals surface area contributed by atoms with Crippen molar-refractivity contribution in [3.8, 4) is 0 Å². The summed E-state index contributed by atoms with van der Waals surface area (Å²) in [5, 5.41) is 21.2. The second-order valence-corrected chi connectivity index (χ2v) is 1.77. The Morgan fingerprint density at radius 1 is 1.27 bits per heavy atom. The zero-order chi connectivity index (χ0) is 7.40. The van der Waals surface area contributed by atoms with E-state index in [1.54, 1.807) is 30.3 Å². The van der Waals surface area contributed by atoms with Crippen LogP contribution in [0.5, 0.6) is 0 Å². The quantitative estimate of drug-likeness (QED) is 0.165. The van der Waals surface area contributed by atoms with Gasteiger partial charge in [0.1, 0.15) is 0 Å². The summed E-state index contributed by atoms with van der Waals surface area (Å²) < 4.78 is 0. The summed E-state index contributed by atoms with van der Waals surface area (Å²) in [5.74, 6) is -0.611. The first kappa shape index (κ1) is 11.1. The van der Waals surface area contributed by atoms with E-state index < -0.39 is 5.90 Å². The average molecular weight is 175 g/mol. The normalized spacial score (nSPS) is 10.4. The molecule has 52 valence electrons. The Kier molecular flexibility index (Phi) is 5.80. The van der Waals surface area contributed by atoms with Crippen LogP contribution in [-0.4, -0.2) is 11.1 Å². The Balaban J connectivity index is 0.000001000. The molecule has 0 saturated carbocycles. The molecule has 0 fully saturated rings. The smallest absolute Gasteiger partial charge is 0.856 e. The summed E-state index contributed by atoms with van der Waals surface area (Å²) in [6.07, 6.45) is 0. The molecule has 1 aromatic rings. The van der Waals surface area contributed by atoms with Crippen LogP contribution in [-0.2, 0) is 0 Å². The van der Waals surface area contributed by atoms with Crippen molar-refractivity contribution in [3.63, 3.8) is 0 Å². The molecule has 0 bridgehead atoms. The predicted molar refractivity (Wildman–Crippen MR) is 34.8 cm³/mol. The minimum absolute atomic E-state index is 0. The number of oxime groups is 1. The standard InChI is InChI=1S/C7H7NO2.K/c9-7(8-10)6-4-2-1-3-5-6;/h1-5,10H,(H,8,9);/q;+1/p-1.